The van der Waals surface area contributed by atoms with Crippen LogP contribution in [-0.4, -0.2) is 51.4 Å². The quantitative estimate of drug-likeness (QED) is 0.893. The molecule has 0 amide bonds. The van der Waals surface area contributed by atoms with Crippen molar-refractivity contribution < 1.29 is 9.84 Å². The van der Waals surface area contributed by atoms with Gasteiger partial charge in [0, 0.05) is 19.6 Å². The molecule has 3 rings (SSSR count). The van der Waals surface area contributed by atoms with E-state index >= 15 is 0 Å². The summed E-state index contributed by atoms with van der Waals surface area (Å²) in [4.78, 5) is 6.54. The number of morpholine rings is 1. The number of aromatic amines is 1. The van der Waals surface area contributed by atoms with Crippen molar-refractivity contribution in [1.29, 1.82) is 0 Å². The molecule has 2 aromatic rings. The minimum Gasteiger partial charge on any atom is -0.384 e. The Morgan fingerprint density at radius 3 is 2.86 bits per heavy atom. The number of nitrogens with zero attached hydrogens (tertiary/aromatic N) is 3. The SMILES string of the molecule is Cc1nc([C@@H]2CN(C[C@](C)(O)c3ccccc3)CCO2)n[nH]1. The van der Waals surface area contributed by atoms with E-state index in [-0.39, 0.29) is 6.10 Å². The lowest BCUT2D eigenvalue weighted by atomic mass is 9.95. The second kappa shape index (κ2) is 6.16. The van der Waals surface area contributed by atoms with Gasteiger partial charge in [0.15, 0.2) is 5.82 Å². The number of hydrogen-bond acceptors (Lipinski definition) is 5. The van der Waals surface area contributed by atoms with Crippen molar-refractivity contribution >= 4 is 0 Å². The number of rotatable bonds is 4. The molecule has 0 spiro atoms. The van der Waals surface area contributed by atoms with Crippen LogP contribution in [0.3, 0.4) is 0 Å². The van der Waals surface area contributed by atoms with Crippen molar-refractivity contribution in [2.75, 3.05) is 26.2 Å². The van der Waals surface area contributed by atoms with Gasteiger partial charge < -0.3 is 9.84 Å². The summed E-state index contributed by atoms with van der Waals surface area (Å²) in [7, 11) is 0. The molecule has 6 heteroatoms. The maximum absolute atomic E-state index is 10.8. The molecule has 2 heterocycles. The van der Waals surface area contributed by atoms with Gasteiger partial charge in [-0.15, -0.1) is 0 Å². The Morgan fingerprint density at radius 2 is 2.18 bits per heavy atom. The van der Waals surface area contributed by atoms with Crippen molar-refractivity contribution in [2.45, 2.75) is 25.6 Å². The molecule has 2 N–H and O–H groups in total. The van der Waals surface area contributed by atoms with E-state index < -0.39 is 5.60 Å². The molecule has 1 aliphatic heterocycles. The Hall–Kier alpha value is -1.76. The Kier molecular flexibility index (Phi) is 4.24. The van der Waals surface area contributed by atoms with Gasteiger partial charge in [-0.05, 0) is 19.4 Å². The van der Waals surface area contributed by atoms with Crippen LogP contribution in [0.25, 0.3) is 0 Å². The van der Waals surface area contributed by atoms with Crippen LogP contribution in [0, 0.1) is 6.92 Å². The van der Waals surface area contributed by atoms with Crippen LogP contribution >= 0.6 is 0 Å². The number of β-amino-alcohol motifs (C(OH)–C–C–N with tert-alkyl or cyclic N) is 1. The van der Waals surface area contributed by atoms with Gasteiger partial charge in [0.25, 0.3) is 0 Å². The van der Waals surface area contributed by atoms with E-state index in [2.05, 4.69) is 20.1 Å². The molecule has 1 aromatic heterocycles. The van der Waals surface area contributed by atoms with Gasteiger partial charge in [-0.1, -0.05) is 30.3 Å². The van der Waals surface area contributed by atoms with Crippen molar-refractivity contribution in [3.63, 3.8) is 0 Å². The molecule has 0 saturated carbocycles. The van der Waals surface area contributed by atoms with E-state index in [1.54, 1.807) is 0 Å². The molecular weight excluding hydrogens is 280 g/mol. The molecule has 22 heavy (non-hydrogen) atoms. The summed E-state index contributed by atoms with van der Waals surface area (Å²) in [5, 5.41) is 17.8. The topological polar surface area (TPSA) is 74.3 Å². The van der Waals surface area contributed by atoms with Crippen LogP contribution in [0.5, 0.6) is 0 Å². The number of aryl methyl sites for hydroxylation is 1. The van der Waals surface area contributed by atoms with E-state index in [0.717, 1.165) is 17.9 Å². The first-order valence-corrected chi connectivity index (χ1v) is 7.55. The average Bonchev–Trinajstić information content (AvgIpc) is 2.95. The van der Waals surface area contributed by atoms with E-state index in [1.807, 2.05) is 44.2 Å². The predicted octanol–water partition coefficient (Wildman–Crippen LogP) is 1.39. The Bertz CT molecular complexity index is 612. The number of aromatic nitrogens is 3. The molecule has 6 nitrogen and oxygen atoms in total. The first-order chi connectivity index (χ1) is 10.5. The fourth-order valence-corrected chi connectivity index (χ4v) is 2.83. The zero-order valence-electron chi connectivity index (χ0n) is 13.0. The van der Waals surface area contributed by atoms with Gasteiger partial charge in [-0.2, -0.15) is 5.10 Å². The molecule has 1 aliphatic rings. The lowest BCUT2D eigenvalue weighted by Gasteiger charge is -2.36. The van der Waals surface area contributed by atoms with Crippen LogP contribution < -0.4 is 0 Å². The Balaban J connectivity index is 1.67. The summed E-state index contributed by atoms with van der Waals surface area (Å²) in [5.74, 6) is 1.47. The molecule has 0 unspecified atom stereocenters. The number of aliphatic hydroxyl groups is 1. The van der Waals surface area contributed by atoms with E-state index in [9.17, 15) is 5.11 Å². The number of hydrogen-bond donors (Lipinski definition) is 2. The Morgan fingerprint density at radius 1 is 1.41 bits per heavy atom. The van der Waals surface area contributed by atoms with Gasteiger partial charge >= 0.3 is 0 Å². The molecule has 1 saturated heterocycles. The Labute approximate surface area is 130 Å². The lowest BCUT2D eigenvalue weighted by molar-refractivity contribution is -0.0654. The highest BCUT2D eigenvalue weighted by molar-refractivity contribution is 5.21. The standard InChI is InChI=1S/C16H22N4O2/c1-12-17-15(19-18-12)14-10-20(8-9-22-14)11-16(2,21)13-6-4-3-5-7-13/h3-7,14,21H,8-11H2,1-2H3,(H,17,18,19)/t14-,16-/m0/s1. The third-order valence-corrected chi connectivity index (χ3v) is 3.98. The summed E-state index contributed by atoms with van der Waals surface area (Å²) in [5.41, 5.74) is 0.0321. The highest BCUT2D eigenvalue weighted by Gasteiger charge is 2.31. The van der Waals surface area contributed by atoms with Crippen molar-refractivity contribution in [3.8, 4) is 0 Å². The minimum absolute atomic E-state index is 0.148. The number of nitrogens with one attached hydrogen (secondary N) is 1. The smallest absolute Gasteiger partial charge is 0.180 e. The molecule has 1 aromatic carbocycles. The minimum atomic E-state index is -0.891. The highest BCUT2D eigenvalue weighted by atomic mass is 16.5. The van der Waals surface area contributed by atoms with Crippen molar-refractivity contribution in [3.05, 3.63) is 47.5 Å². The van der Waals surface area contributed by atoms with Crippen LogP contribution in [0.4, 0.5) is 0 Å². The average molecular weight is 302 g/mol. The summed E-state index contributed by atoms with van der Waals surface area (Å²) < 4.78 is 5.76. The molecule has 0 bridgehead atoms. The third-order valence-electron chi connectivity index (χ3n) is 3.98. The normalized spacial score (nSPS) is 22.4. The van der Waals surface area contributed by atoms with Gasteiger partial charge in [-0.3, -0.25) is 10.00 Å². The van der Waals surface area contributed by atoms with Gasteiger partial charge in [0.2, 0.25) is 0 Å². The van der Waals surface area contributed by atoms with Gasteiger partial charge in [-0.25, -0.2) is 4.98 Å². The lowest BCUT2D eigenvalue weighted by Crippen LogP contribution is -2.45. The summed E-state index contributed by atoms with van der Waals surface area (Å²) in [6, 6.07) is 9.76. The second-order valence-electron chi connectivity index (χ2n) is 6.01. The summed E-state index contributed by atoms with van der Waals surface area (Å²) in [6.07, 6.45) is -0.148. The molecule has 0 radical (unpaired) electrons. The number of benzene rings is 1. The van der Waals surface area contributed by atoms with Crippen molar-refractivity contribution in [2.24, 2.45) is 0 Å². The van der Waals surface area contributed by atoms with Crippen LogP contribution in [0.2, 0.25) is 0 Å². The monoisotopic (exact) mass is 302 g/mol. The molecule has 118 valence electrons. The molecule has 1 fully saturated rings. The summed E-state index contributed by atoms with van der Waals surface area (Å²) in [6.45, 7) is 6.37. The number of H-pyrrole nitrogens is 1. The van der Waals surface area contributed by atoms with Gasteiger partial charge in [0.05, 0.1) is 12.2 Å². The molecule has 2 atom stereocenters. The predicted molar refractivity (Wildman–Crippen MR) is 82.3 cm³/mol. The molecule has 0 aliphatic carbocycles. The number of ether oxygens (including phenoxy) is 1. The van der Waals surface area contributed by atoms with Gasteiger partial charge in [0.1, 0.15) is 11.9 Å². The zero-order valence-corrected chi connectivity index (χ0v) is 13.0. The first kappa shape index (κ1) is 15.1. The van der Waals surface area contributed by atoms with E-state index in [1.165, 1.54) is 0 Å². The van der Waals surface area contributed by atoms with E-state index in [0.29, 0.717) is 25.5 Å². The first-order valence-electron chi connectivity index (χ1n) is 7.55. The highest BCUT2D eigenvalue weighted by Crippen LogP contribution is 2.25. The second-order valence-corrected chi connectivity index (χ2v) is 6.01. The maximum atomic E-state index is 10.8. The zero-order chi connectivity index (χ0) is 15.6. The van der Waals surface area contributed by atoms with Crippen molar-refractivity contribution in [1.82, 2.24) is 20.1 Å². The fourth-order valence-electron chi connectivity index (χ4n) is 2.83. The van der Waals surface area contributed by atoms with Crippen LogP contribution in [-0.2, 0) is 10.3 Å². The maximum Gasteiger partial charge on any atom is 0.180 e. The molecular formula is C16H22N4O2. The van der Waals surface area contributed by atoms with Crippen LogP contribution in [0.15, 0.2) is 30.3 Å². The van der Waals surface area contributed by atoms with E-state index in [4.69, 9.17) is 4.74 Å². The summed E-state index contributed by atoms with van der Waals surface area (Å²) >= 11 is 0. The fraction of sp³-hybridized carbons (Fsp3) is 0.500. The van der Waals surface area contributed by atoms with Crippen LogP contribution in [0.1, 0.15) is 30.2 Å². The third kappa shape index (κ3) is 3.35. The largest absolute Gasteiger partial charge is 0.384 e.